The Bertz CT molecular complexity index is 1110. The molecule has 0 aliphatic carbocycles. The van der Waals surface area contributed by atoms with Gasteiger partial charge in [0.2, 0.25) is 5.91 Å². The molecule has 2 heterocycles. The first-order chi connectivity index (χ1) is 14.9. The number of phenolic OH excluding ortho intramolecular Hbond substituents is 1. The van der Waals surface area contributed by atoms with Crippen molar-refractivity contribution in [2.75, 3.05) is 18.9 Å². The molecule has 2 N–H and O–H groups in total. The minimum Gasteiger partial charge on any atom is -0.508 e. The number of benzene rings is 2. The summed E-state index contributed by atoms with van der Waals surface area (Å²) < 4.78 is 0. The molecule has 7 nitrogen and oxygen atoms in total. The summed E-state index contributed by atoms with van der Waals surface area (Å²) in [6, 6.07) is 15.5. The van der Waals surface area contributed by atoms with Crippen LogP contribution in [0.1, 0.15) is 24.1 Å². The van der Waals surface area contributed by atoms with Crippen LogP contribution < -0.4 is 5.32 Å². The fraction of sp³-hybridized carbons (Fsp3) is 0.292. The van der Waals surface area contributed by atoms with Gasteiger partial charge in [-0.1, -0.05) is 18.2 Å². The number of carbonyl (C=O) groups excluding carboxylic acids is 2. The monoisotopic (exact) mass is 418 g/mol. The number of urea groups is 1. The van der Waals surface area contributed by atoms with Crippen LogP contribution in [0.25, 0.3) is 10.9 Å². The third-order valence-electron chi connectivity index (χ3n) is 5.61. The first kappa shape index (κ1) is 20.7. The van der Waals surface area contributed by atoms with E-state index in [9.17, 15) is 14.7 Å². The molecule has 4 rings (SSSR count). The molecule has 1 atom stereocenters. The Morgan fingerprint density at radius 2 is 1.94 bits per heavy atom. The Morgan fingerprint density at radius 3 is 2.71 bits per heavy atom. The van der Waals surface area contributed by atoms with Gasteiger partial charge in [-0.25, -0.2) is 4.79 Å². The molecule has 1 aliphatic rings. The van der Waals surface area contributed by atoms with Crippen LogP contribution in [0, 0.1) is 6.92 Å². The lowest BCUT2D eigenvalue weighted by molar-refractivity contribution is -0.134. The highest BCUT2D eigenvalue weighted by Gasteiger charge is 2.35. The molecule has 0 bridgehead atoms. The minimum atomic E-state index is -0.480. The van der Waals surface area contributed by atoms with E-state index >= 15 is 0 Å². The number of nitrogens with zero attached hydrogens (tertiary/aromatic N) is 3. The molecular formula is C24H26N4O3. The van der Waals surface area contributed by atoms with Gasteiger partial charge in [-0.3, -0.25) is 9.78 Å². The Labute approximate surface area is 181 Å². The molecule has 1 aliphatic heterocycles. The quantitative estimate of drug-likeness (QED) is 0.673. The van der Waals surface area contributed by atoms with Gasteiger partial charge in [0.25, 0.3) is 0 Å². The third-order valence-corrected chi connectivity index (χ3v) is 5.61. The van der Waals surface area contributed by atoms with Gasteiger partial charge in [0.05, 0.1) is 5.52 Å². The number of anilines is 1. The van der Waals surface area contributed by atoms with Gasteiger partial charge in [0.1, 0.15) is 11.8 Å². The van der Waals surface area contributed by atoms with Gasteiger partial charge in [-0.2, -0.15) is 0 Å². The number of fused-ring (bicyclic) bond motifs is 1. The Kier molecular flexibility index (Phi) is 5.75. The zero-order valence-corrected chi connectivity index (χ0v) is 17.7. The topological polar surface area (TPSA) is 85.8 Å². The van der Waals surface area contributed by atoms with E-state index in [0.29, 0.717) is 25.2 Å². The zero-order valence-electron chi connectivity index (χ0n) is 17.7. The number of pyridine rings is 1. The summed E-state index contributed by atoms with van der Waals surface area (Å²) in [6.45, 7) is 2.91. The second-order valence-electron chi connectivity index (χ2n) is 8.00. The summed E-state index contributed by atoms with van der Waals surface area (Å²) in [7, 11) is 1.74. The molecule has 1 aromatic heterocycles. The molecule has 0 saturated carbocycles. The van der Waals surface area contributed by atoms with Crippen molar-refractivity contribution in [1.29, 1.82) is 0 Å². The fourth-order valence-corrected chi connectivity index (χ4v) is 3.97. The predicted molar refractivity (Wildman–Crippen MR) is 120 cm³/mol. The van der Waals surface area contributed by atoms with E-state index in [0.717, 1.165) is 28.6 Å². The van der Waals surface area contributed by atoms with Gasteiger partial charge in [-0.15, -0.1) is 0 Å². The van der Waals surface area contributed by atoms with E-state index < -0.39 is 6.04 Å². The van der Waals surface area contributed by atoms with E-state index in [1.165, 1.54) is 0 Å². The molecule has 3 amide bonds. The number of hydrogen-bond donors (Lipinski definition) is 2. The predicted octanol–water partition coefficient (Wildman–Crippen LogP) is 3.90. The number of likely N-dealkylation sites (tertiary alicyclic amines) is 1. The Balaban J connectivity index is 1.43. The Hall–Kier alpha value is -3.61. The van der Waals surface area contributed by atoms with E-state index in [4.69, 9.17) is 0 Å². The van der Waals surface area contributed by atoms with Gasteiger partial charge in [-0.05, 0) is 61.7 Å². The SMILES string of the molecule is Cc1ccc2cc(NC(=O)N3CCC[C@@H]3C(=O)N(C)Cc3ccc(O)cc3)ccc2n1. The second-order valence-corrected chi connectivity index (χ2v) is 8.00. The van der Waals surface area contributed by atoms with E-state index in [1.807, 2.05) is 37.3 Å². The average molecular weight is 418 g/mol. The van der Waals surface area contributed by atoms with Crippen molar-refractivity contribution in [2.24, 2.45) is 0 Å². The molecule has 0 spiro atoms. The summed E-state index contributed by atoms with van der Waals surface area (Å²) >= 11 is 0. The molecule has 1 saturated heterocycles. The van der Waals surface area contributed by atoms with Gasteiger partial charge in [0, 0.05) is 36.9 Å². The molecule has 160 valence electrons. The van der Waals surface area contributed by atoms with Gasteiger partial charge in [0.15, 0.2) is 0 Å². The Morgan fingerprint density at radius 1 is 1.16 bits per heavy atom. The first-order valence-electron chi connectivity index (χ1n) is 10.4. The molecule has 7 heteroatoms. The van der Waals surface area contributed by atoms with Crippen LogP contribution in [0.5, 0.6) is 5.75 Å². The highest BCUT2D eigenvalue weighted by atomic mass is 16.3. The number of nitrogens with one attached hydrogen (secondary N) is 1. The highest BCUT2D eigenvalue weighted by molar-refractivity contribution is 5.96. The van der Waals surface area contributed by atoms with Gasteiger partial charge < -0.3 is 20.2 Å². The molecule has 0 unspecified atom stereocenters. The van der Waals surface area contributed by atoms with Crippen molar-refractivity contribution in [1.82, 2.24) is 14.8 Å². The lowest BCUT2D eigenvalue weighted by Gasteiger charge is -2.28. The number of hydrogen-bond acceptors (Lipinski definition) is 4. The fourth-order valence-electron chi connectivity index (χ4n) is 3.97. The number of aryl methyl sites for hydroxylation is 1. The maximum atomic E-state index is 13.0. The van der Waals surface area contributed by atoms with Crippen molar-refractivity contribution in [3.8, 4) is 5.75 Å². The lowest BCUT2D eigenvalue weighted by atomic mass is 10.1. The second kappa shape index (κ2) is 8.63. The normalized spacial score (nSPS) is 15.8. The number of amides is 3. The molecule has 1 fully saturated rings. The number of likely N-dealkylation sites (N-methyl/N-ethyl adjacent to an activating group) is 1. The smallest absolute Gasteiger partial charge is 0.322 e. The van der Waals surface area contributed by atoms with Crippen molar-refractivity contribution in [3.05, 3.63) is 65.9 Å². The third kappa shape index (κ3) is 4.60. The zero-order chi connectivity index (χ0) is 22.0. The largest absolute Gasteiger partial charge is 0.508 e. The maximum Gasteiger partial charge on any atom is 0.322 e. The van der Waals surface area contributed by atoms with Crippen LogP contribution in [-0.4, -0.2) is 51.5 Å². The van der Waals surface area contributed by atoms with Crippen LogP contribution >= 0.6 is 0 Å². The van der Waals surface area contributed by atoms with E-state index in [-0.39, 0.29) is 17.7 Å². The minimum absolute atomic E-state index is 0.0843. The molecular weight excluding hydrogens is 392 g/mol. The average Bonchev–Trinajstić information content (AvgIpc) is 3.25. The van der Waals surface area contributed by atoms with Crippen LogP contribution in [-0.2, 0) is 11.3 Å². The van der Waals surface area contributed by atoms with Crippen LogP contribution in [0.2, 0.25) is 0 Å². The van der Waals surface area contributed by atoms with Crippen LogP contribution in [0.15, 0.2) is 54.6 Å². The molecule has 2 aromatic carbocycles. The maximum absolute atomic E-state index is 13.0. The van der Waals surface area contributed by atoms with Crippen molar-refractivity contribution in [3.63, 3.8) is 0 Å². The standard InChI is InChI=1S/C24H26N4O3/c1-16-5-8-18-14-19(9-12-21(18)25-16)26-24(31)28-13-3-4-22(28)23(30)27(2)15-17-6-10-20(29)11-7-17/h5-12,14,22,29H,3-4,13,15H2,1-2H3,(H,26,31)/t22-/m1/s1. The number of phenols is 1. The molecule has 0 radical (unpaired) electrons. The summed E-state index contributed by atoms with van der Waals surface area (Å²) in [5.41, 5.74) is 3.42. The van der Waals surface area contributed by atoms with Crippen molar-refractivity contribution >= 4 is 28.5 Å². The number of aromatic hydroxyl groups is 1. The summed E-state index contributed by atoms with van der Waals surface area (Å²) in [5, 5.41) is 13.3. The lowest BCUT2D eigenvalue weighted by Crippen LogP contribution is -2.47. The summed E-state index contributed by atoms with van der Waals surface area (Å²) in [4.78, 5) is 33.7. The van der Waals surface area contributed by atoms with Crippen molar-refractivity contribution in [2.45, 2.75) is 32.4 Å². The number of carbonyl (C=O) groups is 2. The van der Waals surface area contributed by atoms with Crippen LogP contribution in [0.4, 0.5) is 10.5 Å². The van der Waals surface area contributed by atoms with E-state index in [1.54, 1.807) is 41.1 Å². The van der Waals surface area contributed by atoms with Crippen LogP contribution in [0.3, 0.4) is 0 Å². The summed E-state index contributed by atoms with van der Waals surface area (Å²) in [6.07, 6.45) is 1.44. The number of aromatic nitrogens is 1. The molecule has 3 aromatic rings. The summed E-state index contributed by atoms with van der Waals surface area (Å²) in [5.74, 6) is 0.106. The number of rotatable bonds is 4. The van der Waals surface area contributed by atoms with Gasteiger partial charge >= 0.3 is 6.03 Å². The first-order valence-corrected chi connectivity index (χ1v) is 10.4. The highest BCUT2D eigenvalue weighted by Crippen LogP contribution is 2.23. The van der Waals surface area contributed by atoms with Crippen molar-refractivity contribution < 1.29 is 14.7 Å². The molecule has 31 heavy (non-hydrogen) atoms. The van der Waals surface area contributed by atoms with E-state index in [2.05, 4.69) is 10.3 Å².